The monoisotopic (exact) mass is 423 g/mol. The zero-order chi connectivity index (χ0) is 21.4. The van der Waals surface area contributed by atoms with E-state index in [4.69, 9.17) is 4.98 Å². The van der Waals surface area contributed by atoms with Gasteiger partial charge in [0.1, 0.15) is 11.2 Å². The van der Waals surface area contributed by atoms with Crippen LogP contribution in [0, 0.1) is 0 Å². The van der Waals surface area contributed by atoms with Crippen LogP contribution in [0.4, 0.5) is 0 Å². The first kappa shape index (κ1) is 19.2. The van der Waals surface area contributed by atoms with Crippen LogP contribution in [0.3, 0.4) is 0 Å². The number of aromatic nitrogens is 5. The van der Waals surface area contributed by atoms with Gasteiger partial charge in [0.05, 0.1) is 17.2 Å². The van der Waals surface area contributed by atoms with Gasteiger partial charge in [-0.3, -0.25) is 10.1 Å². The molecule has 5 rings (SSSR count). The van der Waals surface area contributed by atoms with Crippen molar-refractivity contribution in [1.82, 2.24) is 25.1 Å². The molecule has 5 aromatic rings. The largest absolute Gasteiger partial charge is 0.335 e. The van der Waals surface area contributed by atoms with Gasteiger partial charge in [-0.2, -0.15) is 16.4 Å². The molecule has 0 bridgehead atoms. The van der Waals surface area contributed by atoms with Gasteiger partial charge in [0.15, 0.2) is 5.82 Å². The molecule has 31 heavy (non-hydrogen) atoms. The summed E-state index contributed by atoms with van der Waals surface area (Å²) in [5, 5.41) is 12.9. The van der Waals surface area contributed by atoms with Crippen molar-refractivity contribution < 1.29 is 0 Å². The molecule has 6 heteroatoms. The Morgan fingerprint density at radius 3 is 2.84 bits per heavy atom. The van der Waals surface area contributed by atoms with Crippen molar-refractivity contribution >= 4 is 38.8 Å². The molecule has 5 nitrogen and oxygen atoms in total. The Bertz CT molecular complexity index is 1460. The Morgan fingerprint density at radius 2 is 2.06 bits per heavy atom. The molecule has 1 aromatic carbocycles. The van der Waals surface area contributed by atoms with Gasteiger partial charge in [-0.15, -0.1) is 0 Å². The van der Waals surface area contributed by atoms with Gasteiger partial charge in [0, 0.05) is 17.1 Å². The van der Waals surface area contributed by atoms with Gasteiger partial charge >= 0.3 is 0 Å². The van der Waals surface area contributed by atoms with Gasteiger partial charge in [-0.25, -0.2) is 4.98 Å². The fraction of sp³-hybridized carbons (Fsp3) is 0.0800. The minimum atomic E-state index is 0.725. The van der Waals surface area contributed by atoms with Crippen LogP contribution in [0.1, 0.15) is 19.4 Å². The van der Waals surface area contributed by atoms with E-state index in [1.807, 2.05) is 24.5 Å². The van der Waals surface area contributed by atoms with Gasteiger partial charge < -0.3 is 4.98 Å². The number of hydrogen-bond acceptors (Lipinski definition) is 4. The molecule has 4 aromatic heterocycles. The van der Waals surface area contributed by atoms with Crippen molar-refractivity contribution in [1.29, 1.82) is 0 Å². The Hall–Kier alpha value is -3.77. The topological polar surface area (TPSA) is 70.2 Å². The van der Waals surface area contributed by atoms with Gasteiger partial charge in [-0.1, -0.05) is 30.9 Å². The summed E-state index contributed by atoms with van der Waals surface area (Å²) in [7, 11) is 0. The Kier molecular flexibility index (Phi) is 4.84. The molecule has 4 heterocycles. The number of hydrogen-bond donors (Lipinski definition) is 2. The maximum atomic E-state index is 4.91. The lowest BCUT2D eigenvalue weighted by atomic mass is 9.97. The lowest BCUT2D eigenvalue weighted by Crippen LogP contribution is -1.87. The number of H-pyrrole nitrogens is 2. The van der Waals surface area contributed by atoms with E-state index in [0.717, 1.165) is 55.7 Å². The molecule has 0 amide bonds. The first-order chi connectivity index (χ1) is 15.2. The Balaban J connectivity index is 1.66. The summed E-state index contributed by atoms with van der Waals surface area (Å²) in [4.78, 5) is 12.7. The van der Waals surface area contributed by atoms with E-state index < -0.39 is 0 Å². The molecule has 2 N–H and O–H groups in total. The van der Waals surface area contributed by atoms with Gasteiger partial charge in [-0.05, 0) is 65.1 Å². The standard InChI is InChI=1S/C25H21N5S/c1-4-6-15(3)18(5-2)16-7-8-21-19(11-16)24(30-29-21)25-27-22-13-26-12-20(23(22)28-25)17-9-10-31-14-17/h4-14H,1H2,2-3H3,(H,27,28)(H,29,30)/b15-6-,18-5+. The second-order valence-electron chi connectivity index (χ2n) is 7.30. The summed E-state index contributed by atoms with van der Waals surface area (Å²) in [6.45, 7) is 7.96. The van der Waals surface area contributed by atoms with Gasteiger partial charge in [0.2, 0.25) is 0 Å². The highest BCUT2D eigenvalue weighted by Crippen LogP contribution is 2.33. The van der Waals surface area contributed by atoms with E-state index in [0.29, 0.717) is 0 Å². The SMILES string of the molecule is C=C/C=C(C)\C(=C/C)c1ccc2[nH]nc(-c3nc4c(-c5ccsc5)cncc4[nH]3)c2c1. The lowest BCUT2D eigenvalue weighted by Gasteiger charge is -2.08. The number of fused-ring (bicyclic) bond motifs is 2. The van der Waals surface area contributed by atoms with Crippen LogP contribution in [0.2, 0.25) is 0 Å². The van der Waals surface area contributed by atoms with E-state index in [1.165, 1.54) is 5.57 Å². The van der Waals surface area contributed by atoms with E-state index in [9.17, 15) is 0 Å². The van der Waals surface area contributed by atoms with Crippen LogP contribution in [-0.4, -0.2) is 25.1 Å². The van der Waals surface area contributed by atoms with Crippen molar-refractivity contribution in [3.63, 3.8) is 0 Å². The molecule has 0 aliphatic carbocycles. The first-order valence-corrected chi connectivity index (χ1v) is 10.9. The maximum Gasteiger partial charge on any atom is 0.159 e. The number of pyridine rings is 1. The molecule has 0 unspecified atom stereocenters. The van der Waals surface area contributed by atoms with E-state index in [1.54, 1.807) is 11.3 Å². The summed E-state index contributed by atoms with van der Waals surface area (Å²) in [5.74, 6) is 0.725. The molecule has 0 saturated heterocycles. The summed E-state index contributed by atoms with van der Waals surface area (Å²) in [5.41, 5.74) is 9.16. The van der Waals surface area contributed by atoms with Crippen molar-refractivity contribution in [2.75, 3.05) is 0 Å². The molecule has 0 atom stereocenters. The normalized spacial score (nSPS) is 12.7. The molecular weight excluding hydrogens is 402 g/mol. The number of imidazole rings is 1. The van der Waals surface area contributed by atoms with Crippen LogP contribution in [0.25, 0.3) is 50.2 Å². The Morgan fingerprint density at radius 1 is 1.16 bits per heavy atom. The third kappa shape index (κ3) is 3.31. The second kappa shape index (κ2) is 7.81. The first-order valence-electron chi connectivity index (χ1n) is 10.0. The third-order valence-corrected chi connectivity index (χ3v) is 6.09. The van der Waals surface area contributed by atoms with E-state index >= 15 is 0 Å². The minimum absolute atomic E-state index is 0.725. The molecular formula is C25H21N5S. The highest BCUT2D eigenvalue weighted by molar-refractivity contribution is 7.08. The van der Waals surface area contributed by atoms with Crippen molar-refractivity contribution in [2.24, 2.45) is 0 Å². The lowest BCUT2D eigenvalue weighted by molar-refractivity contribution is 1.11. The number of aromatic amines is 2. The molecule has 0 radical (unpaired) electrons. The highest BCUT2D eigenvalue weighted by atomic mass is 32.1. The van der Waals surface area contributed by atoms with Crippen LogP contribution in [0.15, 0.2) is 77.8 Å². The van der Waals surface area contributed by atoms with Crippen molar-refractivity contribution in [2.45, 2.75) is 13.8 Å². The number of thiophene rings is 1. The number of benzene rings is 1. The summed E-state index contributed by atoms with van der Waals surface area (Å²) >= 11 is 1.66. The number of rotatable bonds is 5. The van der Waals surface area contributed by atoms with E-state index in [-0.39, 0.29) is 0 Å². The molecule has 152 valence electrons. The quantitative estimate of drug-likeness (QED) is 0.307. The summed E-state index contributed by atoms with van der Waals surface area (Å²) in [6, 6.07) is 8.42. The van der Waals surface area contributed by atoms with Gasteiger partial charge in [0.25, 0.3) is 0 Å². The third-order valence-electron chi connectivity index (χ3n) is 5.41. The fourth-order valence-electron chi connectivity index (χ4n) is 3.92. The predicted molar refractivity (Wildman–Crippen MR) is 130 cm³/mol. The zero-order valence-corrected chi connectivity index (χ0v) is 18.1. The average Bonchev–Trinajstić information content (AvgIpc) is 3.52. The molecule has 0 spiro atoms. The highest BCUT2D eigenvalue weighted by Gasteiger charge is 2.16. The summed E-state index contributed by atoms with van der Waals surface area (Å²) < 4.78 is 0. The Labute approximate surface area is 183 Å². The van der Waals surface area contributed by atoms with Crippen LogP contribution < -0.4 is 0 Å². The van der Waals surface area contributed by atoms with Crippen LogP contribution in [-0.2, 0) is 0 Å². The molecule has 0 aliphatic heterocycles. The van der Waals surface area contributed by atoms with Crippen LogP contribution >= 0.6 is 11.3 Å². The number of allylic oxidation sites excluding steroid dienone is 5. The fourth-order valence-corrected chi connectivity index (χ4v) is 4.58. The maximum absolute atomic E-state index is 4.91. The molecule has 0 fully saturated rings. The second-order valence-corrected chi connectivity index (χ2v) is 8.08. The van der Waals surface area contributed by atoms with Crippen LogP contribution in [0.5, 0.6) is 0 Å². The minimum Gasteiger partial charge on any atom is -0.335 e. The number of nitrogens with zero attached hydrogens (tertiary/aromatic N) is 3. The van der Waals surface area contributed by atoms with Crippen molar-refractivity contribution in [3.8, 4) is 22.6 Å². The average molecular weight is 424 g/mol. The zero-order valence-electron chi connectivity index (χ0n) is 17.3. The van der Waals surface area contributed by atoms with Crippen molar-refractivity contribution in [3.05, 3.63) is 83.4 Å². The number of nitrogens with one attached hydrogen (secondary N) is 2. The summed E-state index contributed by atoms with van der Waals surface area (Å²) in [6.07, 6.45) is 9.63. The smallest absolute Gasteiger partial charge is 0.159 e. The molecule has 0 saturated carbocycles. The predicted octanol–water partition coefficient (Wildman–Crippen LogP) is 6.77. The van der Waals surface area contributed by atoms with E-state index in [2.05, 4.69) is 81.7 Å². The molecule has 0 aliphatic rings.